The summed E-state index contributed by atoms with van der Waals surface area (Å²) >= 11 is 11.3. The van der Waals surface area contributed by atoms with Gasteiger partial charge in [0.1, 0.15) is 0 Å². The van der Waals surface area contributed by atoms with Crippen molar-refractivity contribution in [1.29, 1.82) is 0 Å². The van der Waals surface area contributed by atoms with Gasteiger partial charge >= 0.3 is 0 Å². The van der Waals surface area contributed by atoms with Crippen LogP contribution in [0.1, 0.15) is 18.1 Å². The van der Waals surface area contributed by atoms with E-state index in [0.29, 0.717) is 5.11 Å². The van der Waals surface area contributed by atoms with Crippen molar-refractivity contribution < 1.29 is 0 Å². The number of anilines is 1. The molecule has 2 N–H and O–H groups in total. The Bertz CT molecular complexity index is 613. The summed E-state index contributed by atoms with van der Waals surface area (Å²) in [5.41, 5.74) is 3.53. The van der Waals surface area contributed by atoms with Crippen LogP contribution in [-0.4, -0.2) is 11.7 Å². The molecule has 0 aromatic heterocycles. The maximum absolute atomic E-state index is 5.97. The maximum atomic E-state index is 5.97. The van der Waals surface area contributed by atoms with Crippen molar-refractivity contribution in [1.82, 2.24) is 5.32 Å². The second kappa shape index (κ2) is 8.01. The third-order valence-corrected chi connectivity index (χ3v) is 3.72. The van der Waals surface area contributed by atoms with Crippen molar-refractivity contribution in [3.05, 3.63) is 64.7 Å². The van der Waals surface area contributed by atoms with Crippen molar-refractivity contribution in [2.45, 2.75) is 19.8 Å². The second-order valence-electron chi connectivity index (χ2n) is 4.77. The van der Waals surface area contributed by atoms with E-state index in [1.54, 1.807) is 0 Å². The van der Waals surface area contributed by atoms with Gasteiger partial charge in [-0.25, -0.2) is 0 Å². The van der Waals surface area contributed by atoms with Crippen LogP contribution in [0, 0.1) is 0 Å². The minimum atomic E-state index is 0.651. The van der Waals surface area contributed by atoms with E-state index < -0.39 is 0 Å². The van der Waals surface area contributed by atoms with E-state index >= 15 is 0 Å². The average molecular weight is 319 g/mol. The lowest BCUT2D eigenvalue weighted by Gasteiger charge is -2.13. The highest BCUT2D eigenvalue weighted by Gasteiger charge is 2.02. The number of hydrogen-bond donors (Lipinski definition) is 2. The summed E-state index contributed by atoms with van der Waals surface area (Å²) in [5.74, 6) is 0. The molecule has 2 rings (SSSR count). The summed E-state index contributed by atoms with van der Waals surface area (Å²) < 4.78 is 0. The van der Waals surface area contributed by atoms with Gasteiger partial charge in [0.25, 0.3) is 0 Å². The third kappa shape index (κ3) is 5.03. The van der Waals surface area contributed by atoms with Gasteiger partial charge < -0.3 is 10.6 Å². The Morgan fingerprint density at radius 3 is 2.71 bits per heavy atom. The zero-order chi connectivity index (χ0) is 15.1. The van der Waals surface area contributed by atoms with Crippen LogP contribution in [0.25, 0.3) is 0 Å². The Morgan fingerprint density at radius 1 is 1.14 bits per heavy atom. The molecule has 0 bridgehead atoms. The molecule has 0 aliphatic heterocycles. The molecular weight excluding hydrogens is 300 g/mol. The Balaban J connectivity index is 1.82. The molecule has 0 amide bonds. The van der Waals surface area contributed by atoms with E-state index in [0.717, 1.165) is 30.1 Å². The topological polar surface area (TPSA) is 24.1 Å². The predicted octanol–water partition coefficient (Wildman–Crippen LogP) is 4.43. The van der Waals surface area contributed by atoms with Gasteiger partial charge in [-0.15, -0.1) is 0 Å². The molecule has 2 aromatic rings. The highest BCUT2D eigenvalue weighted by molar-refractivity contribution is 7.80. The second-order valence-corrected chi connectivity index (χ2v) is 5.62. The van der Waals surface area contributed by atoms with Crippen LogP contribution in [0.5, 0.6) is 0 Å². The molecule has 0 heterocycles. The Morgan fingerprint density at radius 2 is 1.95 bits per heavy atom. The molecule has 110 valence electrons. The van der Waals surface area contributed by atoms with Gasteiger partial charge in [-0.05, 0) is 54.4 Å². The van der Waals surface area contributed by atoms with Crippen LogP contribution in [0.4, 0.5) is 5.69 Å². The number of aryl methyl sites for hydroxylation is 1. The summed E-state index contributed by atoms with van der Waals surface area (Å²) in [6.07, 6.45) is 1.87. The summed E-state index contributed by atoms with van der Waals surface area (Å²) in [7, 11) is 0. The number of halogens is 1. The maximum Gasteiger partial charge on any atom is 0.170 e. The fraction of sp³-hybridized carbons (Fsp3) is 0.235. The largest absolute Gasteiger partial charge is 0.362 e. The predicted molar refractivity (Wildman–Crippen MR) is 95.2 cm³/mol. The molecule has 2 aromatic carbocycles. The van der Waals surface area contributed by atoms with Crippen molar-refractivity contribution in [3.63, 3.8) is 0 Å². The van der Waals surface area contributed by atoms with Gasteiger partial charge in [0.2, 0.25) is 0 Å². The molecule has 0 unspecified atom stereocenters. The van der Waals surface area contributed by atoms with Gasteiger partial charge in [-0.3, -0.25) is 0 Å². The first-order valence-electron chi connectivity index (χ1n) is 7.06. The van der Waals surface area contributed by atoms with Crippen LogP contribution in [-0.2, 0) is 12.8 Å². The zero-order valence-electron chi connectivity index (χ0n) is 12.0. The van der Waals surface area contributed by atoms with E-state index in [-0.39, 0.29) is 0 Å². The first kappa shape index (κ1) is 15.8. The number of thiocarbonyl (C=S) groups is 1. The Labute approximate surface area is 136 Å². The standard InChI is InChI=1S/C17H19ClN2S/c1-2-14-7-3-4-9-16(14)20-17(21)19-11-10-13-6-5-8-15(18)12-13/h3-9,12H,2,10-11H2,1H3,(H2,19,20,21). The van der Waals surface area contributed by atoms with Crippen LogP contribution in [0.3, 0.4) is 0 Å². The van der Waals surface area contributed by atoms with E-state index in [9.17, 15) is 0 Å². The van der Waals surface area contributed by atoms with Gasteiger partial charge in [-0.2, -0.15) is 0 Å². The first-order chi connectivity index (χ1) is 10.2. The minimum absolute atomic E-state index is 0.651. The lowest BCUT2D eigenvalue weighted by Crippen LogP contribution is -2.30. The van der Waals surface area contributed by atoms with Crippen molar-refractivity contribution in [3.8, 4) is 0 Å². The fourth-order valence-electron chi connectivity index (χ4n) is 2.13. The van der Waals surface area contributed by atoms with E-state index in [1.807, 2.05) is 36.4 Å². The molecule has 4 heteroatoms. The van der Waals surface area contributed by atoms with Crippen LogP contribution < -0.4 is 10.6 Å². The SMILES string of the molecule is CCc1ccccc1NC(=S)NCCc1cccc(Cl)c1. The lowest BCUT2D eigenvalue weighted by atomic mass is 10.1. The Kier molecular flexibility index (Phi) is 6.03. The molecule has 0 fully saturated rings. The van der Waals surface area contributed by atoms with E-state index in [1.165, 1.54) is 11.1 Å². The monoisotopic (exact) mass is 318 g/mol. The number of rotatable bonds is 5. The van der Waals surface area contributed by atoms with Crippen molar-refractivity contribution in [2.24, 2.45) is 0 Å². The number of nitrogens with one attached hydrogen (secondary N) is 2. The van der Waals surface area contributed by atoms with Crippen LogP contribution >= 0.6 is 23.8 Å². The van der Waals surface area contributed by atoms with Crippen molar-refractivity contribution in [2.75, 3.05) is 11.9 Å². The smallest absolute Gasteiger partial charge is 0.170 e. The molecule has 0 atom stereocenters. The molecule has 0 aliphatic carbocycles. The van der Waals surface area contributed by atoms with Gasteiger partial charge in [-0.1, -0.05) is 48.9 Å². The molecule has 2 nitrogen and oxygen atoms in total. The molecule has 21 heavy (non-hydrogen) atoms. The third-order valence-electron chi connectivity index (χ3n) is 3.23. The fourth-order valence-corrected chi connectivity index (χ4v) is 2.55. The van der Waals surface area contributed by atoms with Gasteiger partial charge in [0, 0.05) is 17.3 Å². The molecule has 0 aliphatic rings. The molecular formula is C17H19ClN2S. The average Bonchev–Trinajstić information content (AvgIpc) is 2.48. The summed E-state index contributed by atoms with van der Waals surface area (Å²) in [5, 5.41) is 7.90. The molecule has 0 saturated heterocycles. The van der Waals surface area contributed by atoms with E-state index in [4.69, 9.17) is 23.8 Å². The van der Waals surface area contributed by atoms with Gasteiger partial charge in [0.15, 0.2) is 5.11 Å². The quantitative estimate of drug-likeness (QED) is 0.797. The van der Waals surface area contributed by atoms with Crippen molar-refractivity contribution >= 4 is 34.6 Å². The highest BCUT2D eigenvalue weighted by Crippen LogP contribution is 2.15. The van der Waals surface area contributed by atoms with Gasteiger partial charge in [0.05, 0.1) is 0 Å². The van der Waals surface area contributed by atoms with Crippen LogP contribution in [0.15, 0.2) is 48.5 Å². The normalized spacial score (nSPS) is 10.2. The summed E-state index contributed by atoms with van der Waals surface area (Å²) in [6, 6.07) is 16.1. The first-order valence-corrected chi connectivity index (χ1v) is 7.85. The zero-order valence-corrected chi connectivity index (χ0v) is 13.6. The number of hydrogen-bond acceptors (Lipinski definition) is 1. The highest BCUT2D eigenvalue weighted by atomic mass is 35.5. The van der Waals surface area contributed by atoms with Crippen LogP contribution in [0.2, 0.25) is 5.02 Å². The van der Waals surface area contributed by atoms with E-state index in [2.05, 4.69) is 29.7 Å². The number of benzene rings is 2. The molecule has 0 radical (unpaired) electrons. The lowest BCUT2D eigenvalue weighted by molar-refractivity contribution is 0.873. The summed E-state index contributed by atoms with van der Waals surface area (Å²) in [6.45, 7) is 2.91. The minimum Gasteiger partial charge on any atom is -0.362 e. The Hall–Kier alpha value is -1.58. The molecule has 0 spiro atoms. The molecule has 0 saturated carbocycles. The summed E-state index contributed by atoms with van der Waals surface area (Å²) in [4.78, 5) is 0. The number of para-hydroxylation sites is 1.